The van der Waals surface area contributed by atoms with Gasteiger partial charge >= 0.3 is 0 Å². The highest BCUT2D eigenvalue weighted by Crippen LogP contribution is 2.12. The van der Waals surface area contributed by atoms with Gasteiger partial charge in [-0.3, -0.25) is 0 Å². The van der Waals surface area contributed by atoms with Gasteiger partial charge in [0.2, 0.25) is 0 Å². The highest BCUT2D eigenvalue weighted by atomic mass is 79.9. The summed E-state index contributed by atoms with van der Waals surface area (Å²) in [6.45, 7) is 4.33. The summed E-state index contributed by atoms with van der Waals surface area (Å²) in [4.78, 5) is 0. The van der Waals surface area contributed by atoms with Gasteiger partial charge in [0.15, 0.2) is 0 Å². The van der Waals surface area contributed by atoms with E-state index >= 15 is 0 Å². The molecule has 0 N–H and O–H groups in total. The van der Waals surface area contributed by atoms with E-state index in [4.69, 9.17) is 0 Å². The van der Waals surface area contributed by atoms with E-state index in [2.05, 4.69) is 48.0 Å². The van der Waals surface area contributed by atoms with Crippen LogP contribution in [-0.2, 0) is 6.42 Å². The lowest BCUT2D eigenvalue weighted by Crippen LogP contribution is -1.91. The molecule has 1 aromatic rings. The second-order valence-electron chi connectivity index (χ2n) is 3.22. The molecule has 0 spiro atoms. The van der Waals surface area contributed by atoms with Gasteiger partial charge in [-0.15, -0.1) is 0 Å². The van der Waals surface area contributed by atoms with Gasteiger partial charge in [-0.2, -0.15) is 0 Å². The molecule has 0 nitrogen and oxygen atoms in total. The second-order valence-corrected chi connectivity index (χ2v) is 4.02. The molecule has 0 bridgehead atoms. The van der Waals surface area contributed by atoms with Crippen LogP contribution in [0.4, 0.5) is 0 Å². The van der Waals surface area contributed by atoms with Crippen molar-refractivity contribution in [2.24, 2.45) is 0 Å². The predicted octanol–water partition coefficient (Wildman–Crippen LogP) is 3.63. The zero-order valence-electron chi connectivity index (χ0n) is 7.73. The van der Waals surface area contributed by atoms with E-state index in [0.29, 0.717) is 0 Å². The molecule has 12 heavy (non-hydrogen) atoms. The number of halogens is 1. The van der Waals surface area contributed by atoms with Crippen LogP contribution in [0.1, 0.15) is 23.1 Å². The fourth-order valence-corrected chi connectivity index (χ4v) is 1.61. The Morgan fingerprint density at radius 2 is 2.00 bits per heavy atom. The molecule has 0 amide bonds. The van der Waals surface area contributed by atoms with Crippen LogP contribution < -0.4 is 0 Å². The summed E-state index contributed by atoms with van der Waals surface area (Å²) in [6.07, 6.45) is 2.42. The van der Waals surface area contributed by atoms with E-state index in [1.54, 1.807) is 0 Å². The minimum Gasteiger partial charge on any atom is -0.0928 e. The van der Waals surface area contributed by atoms with Gasteiger partial charge in [0.25, 0.3) is 0 Å². The van der Waals surface area contributed by atoms with Crippen molar-refractivity contribution in [1.29, 1.82) is 0 Å². The van der Waals surface area contributed by atoms with Gasteiger partial charge in [0, 0.05) is 5.33 Å². The van der Waals surface area contributed by atoms with Gasteiger partial charge in [-0.25, -0.2) is 0 Å². The van der Waals surface area contributed by atoms with Crippen LogP contribution in [0, 0.1) is 13.8 Å². The summed E-state index contributed by atoms with van der Waals surface area (Å²) in [5.74, 6) is 0. The molecule has 0 saturated carbocycles. The molecule has 0 atom stereocenters. The molecule has 0 heterocycles. The molecule has 0 aliphatic carbocycles. The highest BCUT2D eigenvalue weighted by Gasteiger charge is 1.97. The number of rotatable bonds is 3. The van der Waals surface area contributed by atoms with Gasteiger partial charge < -0.3 is 0 Å². The molecule has 0 aliphatic heterocycles. The quantitative estimate of drug-likeness (QED) is 0.691. The first kappa shape index (κ1) is 9.79. The fourth-order valence-electron chi connectivity index (χ4n) is 1.33. The van der Waals surface area contributed by atoms with E-state index in [0.717, 1.165) is 5.33 Å². The second kappa shape index (κ2) is 4.66. The first-order valence-corrected chi connectivity index (χ1v) is 5.48. The molecule has 1 heteroatoms. The zero-order valence-corrected chi connectivity index (χ0v) is 9.32. The summed E-state index contributed by atoms with van der Waals surface area (Å²) < 4.78 is 0. The van der Waals surface area contributed by atoms with Crippen LogP contribution in [0.25, 0.3) is 0 Å². The average Bonchev–Trinajstić information content (AvgIpc) is 2.07. The topological polar surface area (TPSA) is 0 Å². The maximum atomic E-state index is 3.45. The zero-order chi connectivity index (χ0) is 8.97. The van der Waals surface area contributed by atoms with Crippen LogP contribution in [0.2, 0.25) is 0 Å². The Balaban J connectivity index is 2.75. The summed E-state index contributed by atoms with van der Waals surface area (Å²) in [5.41, 5.74) is 4.28. The SMILES string of the molecule is Cc1ccc(C)c(CCCBr)c1. The molecule has 0 aliphatic rings. The lowest BCUT2D eigenvalue weighted by atomic mass is 10.0. The lowest BCUT2D eigenvalue weighted by Gasteiger charge is -2.05. The molecule has 0 unspecified atom stereocenters. The molecule has 0 radical (unpaired) electrons. The number of aryl methyl sites for hydroxylation is 3. The van der Waals surface area contributed by atoms with Crippen LogP contribution in [0.15, 0.2) is 18.2 Å². The van der Waals surface area contributed by atoms with E-state index in [1.807, 2.05) is 0 Å². The van der Waals surface area contributed by atoms with Crippen molar-refractivity contribution in [3.63, 3.8) is 0 Å². The van der Waals surface area contributed by atoms with E-state index in [-0.39, 0.29) is 0 Å². The summed E-state index contributed by atoms with van der Waals surface area (Å²) >= 11 is 3.45. The molecule has 0 aromatic heterocycles. The van der Waals surface area contributed by atoms with Crippen LogP contribution in [0.5, 0.6) is 0 Å². The van der Waals surface area contributed by atoms with Crippen molar-refractivity contribution in [3.8, 4) is 0 Å². The van der Waals surface area contributed by atoms with Crippen molar-refractivity contribution in [3.05, 3.63) is 34.9 Å². The van der Waals surface area contributed by atoms with Crippen molar-refractivity contribution < 1.29 is 0 Å². The fraction of sp³-hybridized carbons (Fsp3) is 0.455. The molecule has 0 fully saturated rings. The third kappa shape index (κ3) is 2.63. The maximum Gasteiger partial charge on any atom is 0.00344 e. The van der Waals surface area contributed by atoms with Crippen LogP contribution in [-0.4, -0.2) is 5.33 Å². The Hall–Kier alpha value is -0.300. The minimum absolute atomic E-state index is 1.10. The largest absolute Gasteiger partial charge is 0.0928 e. The average molecular weight is 227 g/mol. The van der Waals surface area contributed by atoms with E-state index < -0.39 is 0 Å². The first-order valence-electron chi connectivity index (χ1n) is 4.36. The summed E-state index contributed by atoms with van der Waals surface area (Å²) in [6, 6.07) is 6.67. The highest BCUT2D eigenvalue weighted by molar-refractivity contribution is 9.09. The van der Waals surface area contributed by atoms with Crippen molar-refractivity contribution >= 4 is 15.9 Å². The Kier molecular flexibility index (Phi) is 3.80. The number of hydrogen-bond acceptors (Lipinski definition) is 0. The van der Waals surface area contributed by atoms with Gasteiger partial charge in [-0.1, -0.05) is 39.7 Å². The van der Waals surface area contributed by atoms with Gasteiger partial charge in [0.05, 0.1) is 0 Å². The number of hydrogen-bond donors (Lipinski definition) is 0. The first-order chi connectivity index (χ1) is 5.74. The number of benzene rings is 1. The maximum absolute atomic E-state index is 3.45. The molecule has 0 saturated heterocycles. The predicted molar refractivity (Wildman–Crippen MR) is 58.0 cm³/mol. The van der Waals surface area contributed by atoms with Gasteiger partial charge in [0.1, 0.15) is 0 Å². The van der Waals surface area contributed by atoms with Crippen molar-refractivity contribution in [2.75, 3.05) is 5.33 Å². The lowest BCUT2D eigenvalue weighted by molar-refractivity contribution is 0.927. The van der Waals surface area contributed by atoms with Crippen molar-refractivity contribution in [1.82, 2.24) is 0 Å². The molecule has 1 rings (SSSR count). The van der Waals surface area contributed by atoms with Crippen molar-refractivity contribution in [2.45, 2.75) is 26.7 Å². The Bertz CT molecular complexity index is 253. The summed E-state index contributed by atoms with van der Waals surface area (Å²) in [5, 5.41) is 1.10. The molecular weight excluding hydrogens is 212 g/mol. The Morgan fingerprint density at radius 3 is 2.67 bits per heavy atom. The van der Waals surface area contributed by atoms with Crippen LogP contribution in [0.3, 0.4) is 0 Å². The number of alkyl halides is 1. The standard InChI is InChI=1S/C11H15Br/c1-9-5-6-10(2)11(8-9)4-3-7-12/h5-6,8H,3-4,7H2,1-2H3. The normalized spacial score (nSPS) is 10.2. The van der Waals surface area contributed by atoms with E-state index in [1.165, 1.54) is 29.5 Å². The monoisotopic (exact) mass is 226 g/mol. The summed E-state index contributed by atoms with van der Waals surface area (Å²) in [7, 11) is 0. The minimum atomic E-state index is 1.10. The molecule has 1 aromatic carbocycles. The Morgan fingerprint density at radius 1 is 1.25 bits per heavy atom. The molecule has 66 valence electrons. The van der Waals surface area contributed by atoms with E-state index in [9.17, 15) is 0 Å². The smallest absolute Gasteiger partial charge is 0.00344 e. The third-order valence-corrected chi connectivity index (χ3v) is 2.65. The Labute approximate surface area is 83.1 Å². The van der Waals surface area contributed by atoms with Crippen LogP contribution >= 0.6 is 15.9 Å². The molecular formula is C11H15Br. The van der Waals surface area contributed by atoms with Gasteiger partial charge in [-0.05, 0) is 37.8 Å². The third-order valence-electron chi connectivity index (χ3n) is 2.08.